The number of β-amino-alcohol motifs (C(OH)–C–C–N with tert-alkyl or cyclic N) is 1. The smallest absolute Gasteiger partial charge is 0.258 e. The summed E-state index contributed by atoms with van der Waals surface area (Å²) in [4.78, 5) is 31.4. The van der Waals surface area contributed by atoms with E-state index < -0.39 is 6.10 Å². The standard InChI is InChI=1S/C21H26N4O4/c1-13-17(10-18(24(13)2)14-3-4-14)20(27)23-19-9-15(5-6-22-19)21(28)25-7-8-29-12-16(26)11-25/h5-6,9-10,14,16,26H,3-4,7-8,11-12H2,1-2H3,(H,22,23,27)/t16-/m1/s1. The molecule has 1 saturated heterocycles. The molecular weight excluding hydrogens is 372 g/mol. The monoisotopic (exact) mass is 398 g/mol. The molecule has 2 N–H and O–H groups in total. The van der Waals surface area contributed by atoms with E-state index >= 15 is 0 Å². The fourth-order valence-corrected chi connectivity index (χ4v) is 3.70. The summed E-state index contributed by atoms with van der Waals surface area (Å²) in [6.07, 6.45) is 3.13. The van der Waals surface area contributed by atoms with E-state index in [0.29, 0.717) is 36.0 Å². The number of amides is 2. The third-order valence-corrected chi connectivity index (χ3v) is 5.60. The van der Waals surface area contributed by atoms with Crippen molar-refractivity contribution in [3.05, 3.63) is 46.9 Å². The average molecular weight is 398 g/mol. The van der Waals surface area contributed by atoms with Gasteiger partial charge in [0.05, 0.1) is 24.9 Å². The molecular formula is C21H26N4O4. The Morgan fingerprint density at radius 3 is 2.86 bits per heavy atom. The minimum Gasteiger partial charge on any atom is -0.389 e. The van der Waals surface area contributed by atoms with E-state index in [1.54, 1.807) is 17.0 Å². The van der Waals surface area contributed by atoms with Crippen LogP contribution in [-0.4, -0.2) is 63.8 Å². The summed E-state index contributed by atoms with van der Waals surface area (Å²) in [7, 11) is 1.98. The Morgan fingerprint density at radius 2 is 2.10 bits per heavy atom. The van der Waals surface area contributed by atoms with Gasteiger partial charge in [0, 0.05) is 43.3 Å². The zero-order chi connectivity index (χ0) is 20.5. The molecule has 8 heteroatoms. The maximum absolute atomic E-state index is 12.8. The van der Waals surface area contributed by atoms with Gasteiger partial charge in [0.25, 0.3) is 11.8 Å². The molecule has 4 rings (SSSR count). The van der Waals surface area contributed by atoms with Gasteiger partial charge in [0.2, 0.25) is 0 Å². The van der Waals surface area contributed by atoms with E-state index in [1.165, 1.54) is 24.7 Å². The molecule has 1 saturated carbocycles. The number of carbonyl (C=O) groups is 2. The van der Waals surface area contributed by atoms with Gasteiger partial charge in [0.1, 0.15) is 5.82 Å². The minimum atomic E-state index is -0.704. The van der Waals surface area contributed by atoms with Crippen LogP contribution >= 0.6 is 0 Å². The fourth-order valence-electron chi connectivity index (χ4n) is 3.70. The first-order chi connectivity index (χ1) is 13.9. The zero-order valence-electron chi connectivity index (χ0n) is 16.7. The van der Waals surface area contributed by atoms with Crippen LogP contribution in [0.4, 0.5) is 5.82 Å². The van der Waals surface area contributed by atoms with Crippen LogP contribution in [0.2, 0.25) is 0 Å². The molecule has 3 heterocycles. The molecule has 8 nitrogen and oxygen atoms in total. The molecule has 154 valence electrons. The van der Waals surface area contributed by atoms with Crippen molar-refractivity contribution < 1.29 is 19.4 Å². The van der Waals surface area contributed by atoms with Gasteiger partial charge in [-0.05, 0) is 43.9 Å². The molecule has 0 radical (unpaired) electrons. The lowest BCUT2D eigenvalue weighted by Crippen LogP contribution is -2.37. The van der Waals surface area contributed by atoms with Crippen LogP contribution in [0.25, 0.3) is 0 Å². The van der Waals surface area contributed by atoms with Gasteiger partial charge < -0.3 is 24.6 Å². The van der Waals surface area contributed by atoms with Crippen LogP contribution < -0.4 is 5.32 Å². The Balaban J connectivity index is 1.49. The van der Waals surface area contributed by atoms with E-state index in [4.69, 9.17) is 4.74 Å². The molecule has 0 bridgehead atoms. The van der Waals surface area contributed by atoms with Crippen LogP contribution in [0, 0.1) is 6.92 Å². The van der Waals surface area contributed by atoms with Crippen LogP contribution in [-0.2, 0) is 11.8 Å². The zero-order valence-corrected chi connectivity index (χ0v) is 16.7. The molecule has 1 aliphatic carbocycles. The van der Waals surface area contributed by atoms with Crippen LogP contribution in [0.1, 0.15) is 50.9 Å². The number of aliphatic hydroxyl groups is 1. The van der Waals surface area contributed by atoms with Crippen LogP contribution in [0.3, 0.4) is 0 Å². The highest BCUT2D eigenvalue weighted by molar-refractivity contribution is 6.05. The summed E-state index contributed by atoms with van der Waals surface area (Å²) in [6.45, 7) is 3.17. The third kappa shape index (κ3) is 4.18. The van der Waals surface area contributed by atoms with Crippen LogP contribution in [0.15, 0.2) is 24.4 Å². The normalized spacial score (nSPS) is 19.7. The second-order valence-corrected chi connectivity index (χ2v) is 7.77. The number of hydrogen-bond acceptors (Lipinski definition) is 5. The number of rotatable bonds is 4. The quantitative estimate of drug-likeness (QED) is 0.817. The SMILES string of the molecule is Cc1c(C(=O)Nc2cc(C(=O)N3CCOC[C@H](O)C3)ccn2)cc(C2CC2)n1C. The lowest BCUT2D eigenvalue weighted by molar-refractivity contribution is 0.0534. The minimum absolute atomic E-state index is 0.218. The predicted molar refractivity (Wildman–Crippen MR) is 107 cm³/mol. The van der Waals surface area contributed by atoms with Gasteiger partial charge in [-0.3, -0.25) is 9.59 Å². The van der Waals surface area contributed by atoms with Gasteiger partial charge in [-0.25, -0.2) is 4.98 Å². The highest BCUT2D eigenvalue weighted by atomic mass is 16.5. The lowest BCUT2D eigenvalue weighted by atomic mass is 10.2. The van der Waals surface area contributed by atoms with Crippen molar-refractivity contribution in [3.8, 4) is 0 Å². The van der Waals surface area contributed by atoms with Crippen molar-refractivity contribution in [1.82, 2.24) is 14.5 Å². The second kappa shape index (κ2) is 7.96. The number of ether oxygens (including phenoxy) is 1. The summed E-state index contributed by atoms with van der Waals surface area (Å²) >= 11 is 0. The molecule has 2 aromatic heterocycles. The maximum atomic E-state index is 12.8. The van der Waals surface area contributed by atoms with Crippen molar-refractivity contribution in [1.29, 1.82) is 0 Å². The largest absolute Gasteiger partial charge is 0.389 e. The first-order valence-electron chi connectivity index (χ1n) is 9.92. The van der Waals surface area contributed by atoms with Crippen LogP contribution in [0.5, 0.6) is 0 Å². The Hall–Kier alpha value is -2.71. The molecule has 29 heavy (non-hydrogen) atoms. The van der Waals surface area contributed by atoms with Gasteiger partial charge in [-0.2, -0.15) is 0 Å². The summed E-state index contributed by atoms with van der Waals surface area (Å²) in [5.41, 5.74) is 3.13. The molecule has 2 aliphatic rings. The van der Waals surface area contributed by atoms with Gasteiger partial charge in [0.15, 0.2) is 0 Å². The number of anilines is 1. The summed E-state index contributed by atoms with van der Waals surface area (Å²) < 4.78 is 7.35. The highest BCUT2D eigenvalue weighted by Gasteiger charge is 2.29. The Labute approximate surface area is 169 Å². The van der Waals surface area contributed by atoms with Gasteiger partial charge >= 0.3 is 0 Å². The molecule has 0 spiro atoms. The summed E-state index contributed by atoms with van der Waals surface area (Å²) in [5.74, 6) is 0.413. The van der Waals surface area contributed by atoms with Gasteiger partial charge in [-0.1, -0.05) is 0 Å². The number of aliphatic hydroxyl groups excluding tert-OH is 1. The molecule has 1 atom stereocenters. The second-order valence-electron chi connectivity index (χ2n) is 7.77. The summed E-state index contributed by atoms with van der Waals surface area (Å²) in [6, 6.07) is 5.13. The van der Waals surface area contributed by atoms with Crippen molar-refractivity contribution >= 4 is 17.6 Å². The van der Waals surface area contributed by atoms with Crippen molar-refractivity contribution in [3.63, 3.8) is 0 Å². The van der Waals surface area contributed by atoms with Crippen molar-refractivity contribution in [2.45, 2.75) is 31.8 Å². The molecule has 2 aromatic rings. The molecule has 0 aromatic carbocycles. The number of hydrogen-bond donors (Lipinski definition) is 2. The first-order valence-corrected chi connectivity index (χ1v) is 9.92. The number of nitrogens with zero attached hydrogens (tertiary/aromatic N) is 3. The van der Waals surface area contributed by atoms with E-state index in [9.17, 15) is 14.7 Å². The molecule has 1 aliphatic heterocycles. The highest BCUT2D eigenvalue weighted by Crippen LogP contribution is 2.41. The number of pyridine rings is 1. The average Bonchev–Trinajstić information content (AvgIpc) is 3.52. The predicted octanol–water partition coefficient (Wildman–Crippen LogP) is 1.69. The van der Waals surface area contributed by atoms with Crippen molar-refractivity contribution in [2.24, 2.45) is 7.05 Å². The number of nitrogens with one attached hydrogen (secondary N) is 1. The van der Waals surface area contributed by atoms with Crippen molar-refractivity contribution in [2.75, 3.05) is 31.6 Å². The van der Waals surface area contributed by atoms with E-state index in [-0.39, 0.29) is 25.0 Å². The molecule has 0 unspecified atom stereocenters. The maximum Gasteiger partial charge on any atom is 0.258 e. The van der Waals surface area contributed by atoms with E-state index in [1.807, 2.05) is 20.0 Å². The number of carbonyl (C=O) groups excluding carboxylic acids is 2. The lowest BCUT2D eigenvalue weighted by Gasteiger charge is -2.21. The Kier molecular flexibility index (Phi) is 5.38. The fraction of sp³-hybridized carbons (Fsp3) is 0.476. The topological polar surface area (TPSA) is 96.7 Å². The Bertz CT molecular complexity index is 935. The van der Waals surface area contributed by atoms with Gasteiger partial charge in [-0.15, -0.1) is 0 Å². The summed E-state index contributed by atoms with van der Waals surface area (Å²) in [5, 5.41) is 12.7. The van der Waals surface area contributed by atoms with E-state index in [0.717, 1.165) is 5.69 Å². The Morgan fingerprint density at radius 1 is 1.31 bits per heavy atom. The molecule has 2 amide bonds. The molecule has 2 fully saturated rings. The third-order valence-electron chi connectivity index (χ3n) is 5.60. The first kappa shape index (κ1) is 19.6. The van der Waals surface area contributed by atoms with E-state index in [2.05, 4.69) is 14.9 Å². The number of aromatic nitrogens is 2.